The largest absolute Gasteiger partial charge is 0.481 e. The maximum absolute atomic E-state index is 12.8. The van der Waals surface area contributed by atoms with Gasteiger partial charge in [0.1, 0.15) is 6.10 Å². The van der Waals surface area contributed by atoms with Crippen molar-refractivity contribution in [2.24, 2.45) is 56.7 Å². The minimum atomic E-state index is -0.553. The Morgan fingerprint density at radius 2 is 1.50 bits per heavy atom. The first kappa shape index (κ1) is 26.3. The lowest BCUT2D eigenvalue weighted by Gasteiger charge is -2.72. The van der Waals surface area contributed by atoms with Crippen LogP contribution in [0, 0.1) is 56.7 Å². The highest BCUT2D eigenvalue weighted by molar-refractivity contribution is 5.76. The van der Waals surface area contributed by atoms with Gasteiger partial charge in [0.15, 0.2) is 0 Å². The molecule has 0 amide bonds. The van der Waals surface area contributed by atoms with Crippen molar-refractivity contribution in [3.8, 4) is 0 Å². The van der Waals surface area contributed by atoms with Gasteiger partial charge in [0.2, 0.25) is 0 Å². The van der Waals surface area contributed by atoms with E-state index in [1.165, 1.54) is 24.8 Å². The summed E-state index contributed by atoms with van der Waals surface area (Å²) in [4.78, 5) is 24.7. The molecule has 0 spiro atoms. The van der Waals surface area contributed by atoms with Crippen LogP contribution in [0.4, 0.5) is 0 Å². The fourth-order valence-corrected chi connectivity index (χ4v) is 11.9. The second kappa shape index (κ2) is 8.09. The van der Waals surface area contributed by atoms with E-state index < -0.39 is 11.4 Å². The Kier molecular flexibility index (Phi) is 5.91. The van der Waals surface area contributed by atoms with E-state index in [1.54, 1.807) is 6.92 Å². The molecule has 0 heterocycles. The van der Waals surface area contributed by atoms with Gasteiger partial charge in [-0.3, -0.25) is 9.59 Å². The first-order valence-electron chi connectivity index (χ1n) is 14.7. The van der Waals surface area contributed by atoms with Gasteiger partial charge >= 0.3 is 11.9 Å². The highest BCUT2D eigenvalue weighted by atomic mass is 16.5. The molecule has 5 aliphatic carbocycles. The van der Waals surface area contributed by atoms with Gasteiger partial charge in [0, 0.05) is 12.3 Å². The molecule has 0 radical (unpaired) electrons. The summed E-state index contributed by atoms with van der Waals surface area (Å²) >= 11 is 0. The summed E-state index contributed by atoms with van der Waals surface area (Å²) < 4.78 is 5.88. The van der Waals surface area contributed by atoms with Crippen molar-refractivity contribution in [3.05, 3.63) is 12.2 Å². The number of aliphatic carboxylic acids is 1. The van der Waals surface area contributed by atoms with Crippen molar-refractivity contribution in [2.75, 3.05) is 0 Å². The van der Waals surface area contributed by atoms with E-state index in [-0.39, 0.29) is 39.7 Å². The number of ether oxygens (including phenoxy) is 1. The number of allylic oxidation sites excluding steroid dienone is 1. The Hall–Kier alpha value is -1.32. The molecule has 0 aromatic carbocycles. The number of fused-ring (bicyclic) bond motifs is 7. The quantitative estimate of drug-likeness (QED) is 0.320. The summed E-state index contributed by atoms with van der Waals surface area (Å²) in [6, 6.07) is 0. The molecule has 0 aromatic rings. The van der Waals surface area contributed by atoms with Crippen molar-refractivity contribution in [1.82, 2.24) is 0 Å². The standard InChI is InChI=1S/C32H50O4/c1-19(2)21-11-16-32(27(34)35)18-17-30(7)22(26(21)32)9-10-24-29(6)14-13-25(36-20(3)33)28(4,5)23(29)12-15-31(24,30)8/h21-26H,1,9-18H2,2-8H3,(H,34,35)/t21-,22-,23-,24+,25+,26-,29-,30+,31+,32-/m0/s1. The molecule has 10 atom stereocenters. The van der Waals surface area contributed by atoms with Crippen molar-refractivity contribution < 1.29 is 19.4 Å². The second-order valence-electron chi connectivity index (χ2n) is 15.1. The first-order valence-corrected chi connectivity index (χ1v) is 14.7. The summed E-state index contributed by atoms with van der Waals surface area (Å²) in [5.41, 5.74) is 1.20. The van der Waals surface area contributed by atoms with Gasteiger partial charge in [-0.25, -0.2) is 0 Å². The first-order chi connectivity index (χ1) is 16.6. The maximum Gasteiger partial charge on any atom is 0.309 e. The van der Waals surface area contributed by atoms with Gasteiger partial charge in [0.25, 0.3) is 0 Å². The van der Waals surface area contributed by atoms with Crippen LogP contribution in [-0.2, 0) is 14.3 Å². The molecular formula is C32H50O4. The molecule has 4 nitrogen and oxygen atoms in total. The van der Waals surface area contributed by atoms with Gasteiger partial charge in [-0.15, -0.1) is 0 Å². The molecule has 5 aliphatic rings. The summed E-state index contributed by atoms with van der Waals surface area (Å²) in [6.45, 7) is 20.4. The third kappa shape index (κ3) is 3.17. The molecule has 5 rings (SSSR count). The maximum atomic E-state index is 12.8. The number of hydrogen-bond acceptors (Lipinski definition) is 3. The Morgan fingerprint density at radius 3 is 2.11 bits per heavy atom. The number of carboxylic acid groups (broad SMARTS) is 1. The topological polar surface area (TPSA) is 63.6 Å². The van der Waals surface area contributed by atoms with Gasteiger partial charge in [-0.2, -0.15) is 0 Å². The third-order valence-corrected chi connectivity index (χ3v) is 13.7. The van der Waals surface area contributed by atoms with Crippen LogP contribution in [0.5, 0.6) is 0 Å². The predicted octanol–water partition coefficient (Wildman–Crippen LogP) is 7.66. The van der Waals surface area contributed by atoms with E-state index in [9.17, 15) is 14.7 Å². The molecule has 0 aromatic heterocycles. The van der Waals surface area contributed by atoms with Crippen molar-refractivity contribution in [2.45, 2.75) is 119 Å². The van der Waals surface area contributed by atoms with Crippen molar-refractivity contribution in [1.29, 1.82) is 0 Å². The van der Waals surface area contributed by atoms with Gasteiger partial charge in [0.05, 0.1) is 5.41 Å². The van der Waals surface area contributed by atoms with Crippen LogP contribution in [0.3, 0.4) is 0 Å². The van der Waals surface area contributed by atoms with E-state index in [0.717, 1.165) is 44.9 Å². The minimum absolute atomic E-state index is 0.00466. The van der Waals surface area contributed by atoms with E-state index in [1.807, 2.05) is 0 Å². The van der Waals surface area contributed by atoms with Crippen LogP contribution in [0.25, 0.3) is 0 Å². The molecule has 5 fully saturated rings. The lowest BCUT2D eigenvalue weighted by atomic mass is 9.32. The molecule has 1 N–H and O–H groups in total. The molecular weight excluding hydrogens is 448 g/mol. The SMILES string of the molecule is C=C(C)[C@@H]1CC[C@]2(C(=O)O)CC[C@]3(C)[C@@H](CC[C@@H]4[C@@]5(C)CC[C@@H](OC(C)=O)C(C)(C)[C@@H]5CC[C@]43C)[C@H]12. The number of carbonyl (C=O) groups is 2. The van der Waals surface area contributed by atoms with Crippen molar-refractivity contribution in [3.63, 3.8) is 0 Å². The summed E-state index contributed by atoms with van der Waals surface area (Å²) in [5, 5.41) is 10.5. The molecule has 4 heteroatoms. The lowest BCUT2D eigenvalue weighted by molar-refractivity contribution is -0.250. The van der Waals surface area contributed by atoms with Crippen LogP contribution in [-0.4, -0.2) is 23.1 Å². The predicted molar refractivity (Wildman–Crippen MR) is 142 cm³/mol. The number of rotatable bonds is 3. The Morgan fingerprint density at radius 1 is 0.806 bits per heavy atom. The normalized spacial score (nSPS) is 51.2. The number of carboxylic acids is 1. The fourth-order valence-electron chi connectivity index (χ4n) is 11.9. The zero-order valence-electron chi connectivity index (χ0n) is 23.9. The van der Waals surface area contributed by atoms with Gasteiger partial charge in [-0.1, -0.05) is 46.8 Å². The summed E-state index contributed by atoms with van der Waals surface area (Å²) in [5.74, 6) is 1.49. The zero-order valence-corrected chi connectivity index (χ0v) is 23.9. The van der Waals surface area contributed by atoms with E-state index in [4.69, 9.17) is 4.74 Å². The Bertz CT molecular complexity index is 967. The Balaban J connectivity index is 1.52. The molecule has 202 valence electrons. The zero-order chi connectivity index (χ0) is 26.5. The van der Waals surface area contributed by atoms with Crippen molar-refractivity contribution >= 4 is 11.9 Å². The van der Waals surface area contributed by atoms with Gasteiger partial charge in [-0.05, 0) is 117 Å². The molecule has 0 unspecified atom stereocenters. The fraction of sp³-hybridized carbons (Fsp3) is 0.875. The van der Waals surface area contributed by atoms with E-state index in [2.05, 4.69) is 48.1 Å². The average molecular weight is 499 g/mol. The monoisotopic (exact) mass is 498 g/mol. The summed E-state index contributed by atoms with van der Waals surface area (Å²) in [6.07, 6.45) is 10.5. The minimum Gasteiger partial charge on any atom is -0.481 e. The van der Waals surface area contributed by atoms with Crippen LogP contribution in [0.2, 0.25) is 0 Å². The second-order valence-corrected chi connectivity index (χ2v) is 15.1. The summed E-state index contributed by atoms with van der Waals surface area (Å²) in [7, 11) is 0. The number of esters is 1. The number of hydrogen-bond donors (Lipinski definition) is 1. The smallest absolute Gasteiger partial charge is 0.309 e. The highest BCUT2D eigenvalue weighted by Crippen LogP contribution is 2.77. The molecule has 0 aliphatic heterocycles. The highest BCUT2D eigenvalue weighted by Gasteiger charge is 2.72. The molecule has 5 saturated carbocycles. The van der Waals surface area contributed by atoms with Crippen LogP contribution in [0.1, 0.15) is 113 Å². The van der Waals surface area contributed by atoms with E-state index >= 15 is 0 Å². The van der Waals surface area contributed by atoms with Crippen LogP contribution >= 0.6 is 0 Å². The number of carbonyl (C=O) groups excluding carboxylic acids is 1. The third-order valence-electron chi connectivity index (χ3n) is 13.7. The average Bonchev–Trinajstić information content (AvgIpc) is 3.17. The van der Waals surface area contributed by atoms with Crippen LogP contribution < -0.4 is 0 Å². The lowest BCUT2D eigenvalue weighted by Crippen LogP contribution is -2.67. The molecule has 36 heavy (non-hydrogen) atoms. The van der Waals surface area contributed by atoms with Crippen LogP contribution in [0.15, 0.2) is 12.2 Å². The molecule has 0 saturated heterocycles. The Labute approximate surface area is 219 Å². The molecule has 0 bridgehead atoms. The van der Waals surface area contributed by atoms with E-state index in [0.29, 0.717) is 23.7 Å². The van der Waals surface area contributed by atoms with Gasteiger partial charge < -0.3 is 9.84 Å².